The summed E-state index contributed by atoms with van der Waals surface area (Å²) in [5, 5.41) is 0. The van der Waals surface area contributed by atoms with Gasteiger partial charge in [-0.25, -0.2) is 17.5 Å². The molecule has 1 aromatic heterocycles. The van der Waals surface area contributed by atoms with Crippen LogP contribution in [0, 0.1) is 5.82 Å². The number of rotatable bonds is 3. The topological polar surface area (TPSA) is 59.1 Å². The number of aromatic nitrogens is 1. The summed E-state index contributed by atoms with van der Waals surface area (Å²) in [6.45, 7) is 0.0825. The zero-order valence-electron chi connectivity index (χ0n) is 6.99. The highest BCUT2D eigenvalue weighted by Crippen LogP contribution is 1.97. The van der Waals surface area contributed by atoms with Gasteiger partial charge in [0, 0.05) is 0 Å². The van der Waals surface area contributed by atoms with Crippen molar-refractivity contribution in [2.75, 3.05) is 6.26 Å². The van der Waals surface area contributed by atoms with Gasteiger partial charge in [0.2, 0.25) is 10.0 Å². The van der Waals surface area contributed by atoms with Crippen LogP contribution >= 0.6 is 0 Å². The van der Waals surface area contributed by atoms with Crippen LogP contribution in [0.2, 0.25) is 0 Å². The van der Waals surface area contributed by atoms with Crippen LogP contribution in [-0.4, -0.2) is 19.7 Å². The molecular weight excluding hydrogens is 195 g/mol. The van der Waals surface area contributed by atoms with Crippen LogP contribution < -0.4 is 4.72 Å². The number of pyridine rings is 1. The molecule has 0 bridgehead atoms. The van der Waals surface area contributed by atoms with Gasteiger partial charge in [-0.05, 0) is 12.1 Å². The molecule has 0 saturated heterocycles. The molecular formula is C7H9FN2O2S. The Bertz CT molecular complexity index is 374. The maximum absolute atomic E-state index is 12.4. The maximum Gasteiger partial charge on any atom is 0.209 e. The van der Waals surface area contributed by atoms with Gasteiger partial charge in [-0.15, -0.1) is 0 Å². The SMILES string of the molecule is CS(=O)(=O)NCc1ccc(F)cn1. The molecule has 1 aromatic rings. The van der Waals surface area contributed by atoms with Crippen LogP contribution in [-0.2, 0) is 16.6 Å². The highest BCUT2D eigenvalue weighted by molar-refractivity contribution is 7.88. The van der Waals surface area contributed by atoms with Crippen molar-refractivity contribution in [3.63, 3.8) is 0 Å². The second-order valence-corrected chi connectivity index (χ2v) is 4.39. The van der Waals surface area contributed by atoms with Crippen molar-refractivity contribution in [3.05, 3.63) is 29.8 Å². The second-order valence-electron chi connectivity index (χ2n) is 2.56. The van der Waals surface area contributed by atoms with Gasteiger partial charge in [0.15, 0.2) is 0 Å². The van der Waals surface area contributed by atoms with Crippen molar-refractivity contribution >= 4 is 10.0 Å². The lowest BCUT2D eigenvalue weighted by Gasteiger charge is -2.00. The lowest BCUT2D eigenvalue weighted by atomic mass is 10.3. The van der Waals surface area contributed by atoms with E-state index < -0.39 is 15.8 Å². The molecule has 4 nitrogen and oxygen atoms in total. The van der Waals surface area contributed by atoms with Crippen LogP contribution in [0.25, 0.3) is 0 Å². The lowest BCUT2D eigenvalue weighted by molar-refractivity contribution is 0.586. The van der Waals surface area contributed by atoms with Crippen molar-refractivity contribution in [3.8, 4) is 0 Å². The van der Waals surface area contributed by atoms with E-state index in [-0.39, 0.29) is 6.54 Å². The first kappa shape index (κ1) is 10.1. The van der Waals surface area contributed by atoms with Crippen LogP contribution in [0.4, 0.5) is 4.39 Å². The van der Waals surface area contributed by atoms with Crippen LogP contribution in [0.15, 0.2) is 18.3 Å². The third kappa shape index (κ3) is 3.95. The van der Waals surface area contributed by atoms with E-state index in [1.54, 1.807) is 0 Å². The Balaban J connectivity index is 2.61. The Kier molecular flexibility index (Phi) is 2.94. The summed E-state index contributed by atoms with van der Waals surface area (Å²) >= 11 is 0. The minimum atomic E-state index is -3.22. The number of nitrogens with one attached hydrogen (secondary N) is 1. The highest BCUT2D eigenvalue weighted by atomic mass is 32.2. The third-order valence-corrected chi connectivity index (χ3v) is 1.97. The van der Waals surface area contributed by atoms with E-state index in [1.807, 2.05) is 0 Å². The van der Waals surface area contributed by atoms with Crippen molar-refractivity contribution in [2.24, 2.45) is 0 Å². The normalized spacial score (nSPS) is 11.5. The minimum Gasteiger partial charge on any atom is -0.257 e. The predicted octanol–water partition coefficient (Wildman–Crippen LogP) is 0.270. The summed E-state index contributed by atoms with van der Waals surface area (Å²) in [5.41, 5.74) is 0.479. The zero-order valence-corrected chi connectivity index (χ0v) is 7.81. The molecule has 0 radical (unpaired) electrons. The number of sulfonamides is 1. The molecule has 0 aliphatic rings. The molecule has 1 rings (SSSR count). The molecule has 0 aromatic carbocycles. The number of hydrogen-bond donors (Lipinski definition) is 1. The molecule has 13 heavy (non-hydrogen) atoms. The number of halogens is 1. The zero-order chi connectivity index (χ0) is 9.90. The smallest absolute Gasteiger partial charge is 0.209 e. The van der Waals surface area contributed by atoms with Gasteiger partial charge in [-0.1, -0.05) is 0 Å². The largest absolute Gasteiger partial charge is 0.257 e. The maximum atomic E-state index is 12.4. The monoisotopic (exact) mass is 204 g/mol. The van der Waals surface area contributed by atoms with E-state index in [1.165, 1.54) is 12.1 Å². The molecule has 0 aliphatic carbocycles. The molecule has 0 saturated carbocycles. The third-order valence-electron chi connectivity index (χ3n) is 1.30. The lowest BCUT2D eigenvalue weighted by Crippen LogP contribution is -2.21. The first-order chi connectivity index (χ1) is 5.97. The molecule has 0 spiro atoms. The van der Waals surface area contributed by atoms with Gasteiger partial charge < -0.3 is 0 Å². The molecule has 1 heterocycles. The second kappa shape index (κ2) is 3.80. The van der Waals surface area contributed by atoms with Gasteiger partial charge in [0.05, 0.1) is 24.7 Å². The Labute approximate surface area is 75.9 Å². The number of nitrogens with zero attached hydrogens (tertiary/aromatic N) is 1. The van der Waals surface area contributed by atoms with Gasteiger partial charge in [0.1, 0.15) is 5.82 Å². The molecule has 0 atom stereocenters. The Morgan fingerprint density at radius 3 is 2.69 bits per heavy atom. The first-order valence-electron chi connectivity index (χ1n) is 3.52. The van der Waals surface area contributed by atoms with Gasteiger partial charge in [-0.3, -0.25) is 4.98 Å². The molecule has 0 amide bonds. The molecule has 1 N–H and O–H groups in total. The van der Waals surface area contributed by atoms with Crippen LogP contribution in [0.3, 0.4) is 0 Å². The molecule has 6 heteroatoms. The summed E-state index contributed by atoms with van der Waals surface area (Å²) < 4.78 is 35.9. The van der Waals surface area contributed by atoms with Crippen molar-refractivity contribution in [1.29, 1.82) is 0 Å². The minimum absolute atomic E-state index is 0.0825. The van der Waals surface area contributed by atoms with Crippen molar-refractivity contribution < 1.29 is 12.8 Å². The summed E-state index contributed by atoms with van der Waals surface area (Å²) in [4.78, 5) is 3.68. The summed E-state index contributed by atoms with van der Waals surface area (Å²) in [7, 11) is -3.22. The van der Waals surface area contributed by atoms with Crippen molar-refractivity contribution in [2.45, 2.75) is 6.54 Å². The van der Waals surface area contributed by atoms with E-state index in [4.69, 9.17) is 0 Å². The van der Waals surface area contributed by atoms with E-state index in [2.05, 4.69) is 9.71 Å². The average molecular weight is 204 g/mol. The Morgan fingerprint density at radius 1 is 1.54 bits per heavy atom. The van der Waals surface area contributed by atoms with Crippen LogP contribution in [0.5, 0.6) is 0 Å². The van der Waals surface area contributed by atoms with E-state index in [0.29, 0.717) is 5.69 Å². The fraction of sp³-hybridized carbons (Fsp3) is 0.286. The summed E-state index contributed by atoms with van der Waals surface area (Å²) in [6, 6.07) is 2.65. The molecule has 0 fully saturated rings. The molecule has 0 unspecified atom stereocenters. The van der Waals surface area contributed by atoms with Gasteiger partial charge in [-0.2, -0.15) is 0 Å². The summed E-state index contributed by atoms with van der Waals surface area (Å²) in [5.74, 6) is -0.442. The standard InChI is InChI=1S/C7H9FN2O2S/c1-13(11,12)10-5-7-3-2-6(8)4-9-7/h2-4,10H,5H2,1H3. The van der Waals surface area contributed by atoms with Gasteiger partial charge >= 0.3 is 0 Å². The Hall–Kier alpha value is -1.01. The van der Waals surface area contributed by atoms with E-state index in [9.17, 15) is 12.8 Å². The molecule has 72 valence electrons. The Morgan fingerprint density at radius 2 is 2.23 bits per heavy atom. The van der Waals surface area contributed by atoms with E-state index >= 15 is 0 Å². The van der Waals surface area contributed by atoms with Gasteiger partial charge in [0.25, 0.3) is 0 Å². The van der Waals surface area contributed by atoms with Crippen molar-refractivity contribution in [1.82, 2.24) is 9.71 Å². The fourth-order valence-corrected chi connectivity index (χ4v) is 1.13. The van der Waals surface area contributed by atoms with Crippen LogP contribution in [0.1, 0.15) is 5.69 Å². The number of hydrogen-bond acceptors (Lipinski definition) is 3. The van der Waals surface area contributed by atoms with E-state index in [0.717, 1.165) is 12.5 Å². The summed E-state index contributed by atoms with van der Waals surface area (Å²) in [6.07, 6.45) is 2.09. The predicted molar refractivity (Wildman–Crippen MR) is 45.9 cm³/mol. The first-order valence-corrected chi connectivity index (χ1v) is 5.41. The highest BCUT2D eigenvalue weighted by Gasteiger charge is 2.01. The average Bonchev–Trinajstić information content (AvgIpc) is 2.02. The molecule has 0 aliphatic heterocycles. The fourth-order valence-electron chi connectivity index (χ4n) is 0.716. The quantitative estimate of drug-likeness (QED) is 0.768.